The van der Waals surface area contributed by atoms with Crippen LogP contribution in [-0.2, 0) is 43.9 Å². The summed E-state index contributed by atoms with van der Waals surface area (Å²) in [7, 11) is -2.07. The number of aromatic nitrogens is 1. The van der Waals surface area contributed by atoms with E-state index in [4.69, 9.17) is 19.0 Å². The summed E-state index contributed by atoms with van der Waals surface area (Å²) in [6.45, 7) is 2.07. The smallest absolute Gasteiger partial charge is 0.316 e. The van der Waals surface area contributed by atoms with E-state index in [2.05, 4.69) is 4.18 Å². The van der Waals surface area contributed by atoms with Crippen molar-refractivity contribution in [3.63, 3.8) is 0 Å². The van der Waals surface area contributed by atoms with Crippen LogP contribution in [0.4, 0.5) is 0 Å². The van der Waals surface area contributed by atoms with E-state index in [1.54, 1.807) is 12.3 Å². The summed E-state index contributed by atoms with van der Waals surface area (Å²) in [5, 5.41) is 0. The zero-order chi connectivity index (χ0) is 25.7. The second kappa shape index (κ2) is 13.9. The minimum Gasteiger partial charge on any atom is -0.726 e. The topological polar surface area (TPSA) is 124 Å². The molecule has 0 N–H and O–H groups in total. The van der Waals surface area contributed by atoms with Crippen molar-refractivity contribution < 1.29 is 45.7 Å². The van der Waals surface area contributed by atoms with Gasteiger partial charge in [-0.1, -0.05) is 60.7 Å². The maximum Gasteiger partial charge on any atom is 0.316 e. The van der Waals surface area contributed by atoms with Crippen molar-refractivity contribution in [1.29, 1.82) is 0 Å². The Labute approximate surface area is 204 Å². The predicted octanol–water partition coefficient (Wildman–Crippen LogP) is 2.35. The second-order valence-corrected chi connectivity index (χ2v) is 8.02. The molecular weight excluding hydrogens is 478 g/mol. The van der Waals surface area contributed by atoms with E-state index < -0.39 is 16.4 Å². The van der Waals surface area contributed by atoms with Gasteiger partial charge in [-0.25, -0.2) is 8.42 Å². The number of esters is 1. The van der Waals surface area contributed by atoms with E-state index in [0.717, 1.165) is 18.2 Å². The predicted molar refractivity (Wildman–Crippen MR) is 123 cm³/mol. The Balaban J connectivity index is 0.000000641. The molecule has 0 atom stereocenters. The van der Waals surface area contributed by atoms with Crippen molar-refractivity contribution in [1.82, 2.24) is 0 Å². The van der Waals surface area contributed by atoms with Crippen LogP contribution >= 0.6 is 0 Å². The van der Waals surface area contributed by atoms with Crippen LogP contribution in [0.1, 0.15) is 23.7 Å². The molecule has 0 aliphatic carbocycles. The van der Waals surface area contributed by atoms with Crippen LogP contribution in [0.25, 0.3) is 0 Å². The SMILES string of the molecule is COS(=O)(=O)[O-].CO[n+]1ccc(OCc2ccccc2)c(OCc2ccccc2)c1COC(C)=O. The van der Waals surface area contributed by atoms with Crippen molar-refractivity contribution in [3.8, 4) is 11.5 Å². The maximum atomic E-state index is 11.4. The Hall–Kier alpha value is -3.67. The first-order chi connectivity index (χ1) is 16.7. The van der Waals surface area contributed by atoms with Crippen LogP contribution < -0.4 is 19.0 Å². The van der Waals surface area contributed by atoms with Gasteiger partial charge in [0, 0.05) is 11.7 Å². The van der Waals surface area contributed by atoms with Gasteiger partial charge in [-0.05, 0) is 11.1 Å². The monoisotopic (exact) mass is 505 g/mol. The molecule has 0 aliphatic rings. The highest BCUT2D eigenvalue weighted by atomic mass is 32.3. The summed E-state index contributed by atoms with van der Waals surface area (Å²) in [6.07, 6.45) is 1.70. The van der Waals surface area contributed by atoms with Gasteiger partial charge in [-0.2, -0.15) is 0 Å². The number of hydrogen-bond donors (Lipinski definition) is 0. The van der Waals surface area contributed by atoms with Gasteiger partial charge in [0.15, 0.2) is 12.4 Å². The largest absolute Gasteiger partial charge is 0.726 e. The molecule has 3 rings (SSSR count). The summed E-state index contributed by atoms with van der Waals surface area (Å²) in [5.41, 5.74) is 2.59. The summed E-state index contributed by atoms with van der Waals surface area (Å²) in [5.74, 6) is 0.618. The van der Waals surface area contributed by atoms with E-state index in [0.29, 0.717) is 30.4 Å². The molecule has 0 spiro atoms. The van der Waals surface area contributed by atoms with Gasteiger partial charge in [0.25, 0.3) is 0 Å². The Morgan fingerprint density at radius 2 is 1.37 bits per heavy atom. The van der Waals surface area contributed by atoms with Gasteiger partial charge >= 0.3 is 11.7 Å². The molecule has 188 valence electrons. The number of carbonyl (C=O) groups is 1. The molecule has 0 saturated carbocycles. The third kappa shape index (κ3) is 10.0. The maximum absolute atomic E-state index is 11.4. The summed E-state index contributed by atoms with van der Waals surface area (Å²) < 4.78 is 49.8. The molecular formula is C24H27NO9S. The highest BCUT2D eigenvalue weighted by Crippen LogP contribution is 2.31. The van der Waals surface area contributed by atoms with Gasteiger partial charge in [0.05, 0.1) is 13.2 Å². The molecule has 35 heavy (non-hydrogen) atoms. The lowest BCUT2D eigenvalue weighted by Crippen LogP contribution is -2.45. The van der Waals surface area contributed by atoms with Gasteiger partial charge < -0.3 is 18.8 Å². The number of ether oxygens (including phenoxy) is 3. The van der Waals surface area contributed by atoms with E-state index in [9.17, 15) is 17.8 Å². The minimum absolute atomic E-state index is 0.00413. The van der Waals surface area contributed by atoms with E-state index in [-0.39, 0.29) is 6.61 Å². The Bertz CT molecular complexity index is 1170. The second-order valence-electron chi connectivity index (χ2n) is 6.87. The van der Waals surface area contributed by atoms with Gasteiger partial charge in [-0.15, -0.1) is 0 Å². The van der Waals surface area contributed by atoms with Crippen LogP contribution in [0, 0.1) is 0 Å². The third-order valence-corrected chi connectivity index (χ3v) is 4.80. The minimum atomic E-state index is -4.41. The number of nitrogens with zero attached hydrogens (tertiary/aromatic N) is 1. The molecule has 0 fully saturated rings. The van der Waals surface area contributed by atoms with Crippen molar-refractivity contribution in [2.24, 2.45) is 0 Å². The first kappa shape index (κ1) is 27.6. The van der Waals surface area contributed by atoms with Crippen LogP contribution in [-0.4, -0.2) is 33.2 Å². The van der Waals surface area contributed by atoms with Crippen molar-refractivity contribution in [2.45, 2.75) is 26.7 Å². The molecule has 2 aromatic carbocycles. The molecule has 0 aliphatic heterocycles. The molecule has 1 heterocycles. The van der Waals surface area contributed by atoms with Crippen molar-refractivity contribution in [3.05, 3.63) is 89.7 Å². The Kier molecular flexibility index (Phi) is 10.9. The molecule has 0 unspecified atom stereocenters. The van der Waals surface area contributed by atoms with Gasteiger partial charge in [-0.3, -0.25) is 13.8 Å². The summed E-state index contributed by atoms with van der Waals surface area (Å²) in [4.78, 5) is 16.7. The number of pyridine rings is 1. The van der Waals surface area contributed by atoms with Crippen LogP contribution in [0.5, 0.6) is 11.5 Å². The lowest BCUT2D eigenvalue weighted by Gasteiger charge is -2.14. The highest BCUT2D eigenvalue weighted by molar-refractivity contribution is 7.80. The number of hydrogen-bond acceptors (Lipinski definition) is 9. The van der Waals surface area contributed by atoms with Crippen LogP contribution in [0.3, 0.4) is 0 Å². The molecule has 10 nitrogen and oxygen atoms in total. The van der Waals surface area contributed by atoms with Gasteiger partial charge in [0.1, 0.15) is 20.3 Å². The summed E-state index contributed by atoms with van der Waals surface area (Å²) in [6, 6.07) is 21.4. The lowest BCUT2D eigenvalue weighted by molar-refractivity contribution is -0.891. The van der Waals surface area contributed by atoms with E-state index in [1.807, 2.05) is 60.7 Å². The number of carbonyl (C=O) groups excluding carboxylic acids is 1. The summed E-state index contributed by atoms with van der Waals surface area (Å²) >= 11 is 0. The molecule has 0 saturated heterocycles. The molecule has 0 amide bonds. The number of benzene rings is 2. The highest BCUT2D eigenvalue weighted by Gasteiger charge is 2.26. The average Bonchev–Trinajstić information content (AvgIpc) is 2.86. The molecule has 1 aromatic heterocycles. The molecule has 11 heteroatoms. The Morgan fingerprint density at radius 3 is 1.83 bits per heavy atom. The van der Waals surface area contributed by atoms with Crippen LogP contribution in [0.15, 0.2) is 72.9 Å². The zero-order valence-corrected chi connectivity index (χ0v) is 20.4. The lowest BCUT2D eigenvalue weighted by atomic mass is 10.2. The molecule has 3 aromatic rings. The first-order valence-electron chi connectivity index (χ1n) is 10.3. The molecule has 0 bridgehead atoms. The molecule has 0 radical (unpaired) electrons. The first-order valence-corrected chi connectivity index (χ1v) is 11.7. The standard InChI is InChI=1S/C23H24NO5.CH4O4S/c1-18(25)27-17-21-23(29-16-20-11-7-4-8-12-20)22(13-14-24(21)26-2)28-15-19-9-5-3-6-10-19;1-5-6(2,3)4/h3-14H,15-17H2,1-2H3;1H3,(H,2,3,4)/q+1;/p-1. The average molecular weight is 506 g/mol. The van der Waals surface area contributed by atoms with Crippen molar-refractivity contribution in [2.75, 3.05) is 14.2 Å². The fraction of sp³-hybridized carbons (Fsp3) is 0.250. The Morgan fingerprint density at radius 1 is 0.857 bits per heavy atom. The van der Waals surface area contributed by atoms with Crippen LogP contribution in [0.2, 0.25) is 0 Å². The quantitative estimate of drug-likeness (QED) is 0.177. The fourth-order valence-corrected chi connectivity index (χ4v) is 2.75. The normalized spacial score (nSPS) is 10.5. The van der Waals surface area contributed by atoms with E-state index in [1.165, 1.54) is 18.8 Å². The third-order valence-electron chi connectivity index (χ3n) is 4.39. The number of rotatable bonds is 10. The van der Waals surface area contributed by atoms with Gasteiger partial charge in [0.2, 0.25) is 22.3 Å². The van der Waals surface area contributed by atoms with E-state index >= 15 is 0 Å². The fourth-order valence-electron chi connectivity index (χ4n) is 2.75. The van der Waals surface area contributed by atoms with Crippen molar-refractivity contribution >= 4 is 16.4 Å². The zero-order valence-electron chi connectivity index (χ0n) is 19.6.